The van der Waals surface area contributed by atoms with Crippen molar-refractivity contribution >= 4 is 0 Å². The lowest BCUT2D eigenvalue weighted by molar-refractivity contribution is -0.138. The average Bonchev–Trinajstić information content (AvgIpc) is 2.66. The lowest BCUT2D eigenvalue weighted by atomic mass is 10.1. The number of halogens is 6. The Morgan fingerprint density at radius 1 is 0.833 bits per heavy atom. The number of nitrogens with zero attached hydrogens (tertiary/aromatic N) is 2. The van der Waals surface area contributed by atoms with Gasteiger partial charge in [0.2, 0.25) is 0 Å². The van der Waals surface area contributed by atoms with Crippen LogP contribution in [0.4, 0.5) is 26.3 Å². The van der Waals surface area contributed by atoms with Crippen LogP contribution in [0.3, 0.4) is 0 Å². The SMILES string of the molecule is CC(C=COc1ccc(C#N)c(C(F)(F)F)c1)Oc1ccc(C#N)c(C(F)(F)F)c1. The molecule has 0 radical (unpaired) electrons. The van der Waals surface area contributed by atoms with E-state index in [1.165, 1.54) is 37.3 Å². The Labute approximate surface area is 167 Å². The molecule has 2 aromatic carbocycles. The van der Waals surface area contributed by atoms with Crippen molar-refractivity contribution in [2.24, 2.45) is 0 Å². The zero-order chi connectivity index (χ0) is 22.5. The Kier molecular flexibility index (Phi) is 6.63. The third-order valence-electron chi connectivity index (χ3n) is 3.71. The molecule has 4 nitrogen and oxygen atoms in total. The van der Waals surface area contributed by atoms with Gasteiger partial charge in [-0.2, -0.15) is 36.9 Å². The minimum atomic E-state index is -4.74. The van der Waals surface area contributed by atoms with Gasteiger partial charge in [0.05, 0.1) is 40.7 Å². The van der Waals surface area contributed by atoms with Crippen LogP contribution in [0.15, 0.2) is 48.7 Å². The van der Waals surface area contributed by atoms with Crippen molar-refractivity contribution in [2.75, 3.05) is 0 Å². The van der Waals surface area contributed by atoms with E-state index in [2.05, 4.69) is 0 Å². The van der Waals surface area contributed by atoms with Crippen molar-refractivity contribution in [1.82, 2.24) is 0 Å². The van der Waals surface area contributed by atoms with Crippen LogP contribution in [-0.4, -0.2) is 6.10 Å². The van der Waals surface area contributed by atoms with Gasteiger partial charge in [-0.1, -0.05) is 0 Å². The highest BCUT2D eigenvalue weighted by Crippen LogP contribution is 2.35. The monoisotopic (exact) mass is 426 g/mol. The number of alkyl halides is 6. The van der Waals surface area contributed by atoms with Gasteiger partial charge in [-0.05, 0) is 49.4 Å². The van der Waals surface area contributed by atoms with Gasteiger partial charge in [-0.15, -0.1) is 0 Å². The van der Waals surface area contributed by atoms with Crippen molar-refractivity contribution in [1.29, 1.82) is 10.5 Å². The van der Waals surface area contributed by atoms with Crippen molar-refractivity contribution < 1.29 is 35.8 Å². The highest BCUT2D eigenvalue weighted by atomic mass is 19.4. The maximum Gasteiger partial charge on any atom is 0.417 e. The maximum absolute atomic E-state index is 13.0. The van der Waals surface area contributed by atoms with Crippen LogP contribution in [-0.2, 0) is 12.4 Å². The number of rotatable bonds is 5. The van der Waals surface area contributed by atoms with E-state index in [0.29, 0.717) is 12.1 Å². The van der Waals surface area contributed by atoms with Crippen molar-refractivity contribution in [3.8, 4) is 23.6 Å². The van der Waals surface area contributed by atoms with Crippen LogP contribution in [0.25, 0.3) is 0 Å². The number of benzene rings is 2. The summed E-state index contributed by atoms with van der Waals surface area (Å²) in [6.07, 6.45) is -8.01. The van der Waals surface area contributed by atoms with E-state index in [0.717, 1.165) is 18.4 Å². The van der Waals surface area contributed by atoms with E-state index < -0.39 is 40.7 Å². The summed E-state index contributed by atoms with van der Waals surface area (Å²) in [5, 5.41) is 17.5. The zero-order valence-electron chi connectivity index (χ0n) is 15.2. The minimum Gasteiger partial charge on any atom is -0.487 e. The molecular formula is C20H12F6N2O2. The molecule has 0 saturated heterocycles. The summed E-state index contributed by atoms with van der Waals surface area (Å²) < 4.78 is 88.1. The van der Waals surface area contributed by atoms with E-state index in [4.69, 9.17) is 20.0 Å². The standard InChI is InChI=1S/C20H12F6N2O2/c1-12(30-16-5-3-14(11-28)18(9-16)20(24,25)26)6-7-29-15-4-2-13(10-27)17(8-15)19(21,22)23/h2-9,12H,1H3. The molecule has 0 aliphatic rings. The maximum atomic E-state index is 13.0. The molecule has 0 aliphatic carbocycles. The fraction of sp³-hybridized carbons (Fsp3) is 0.200. The molecule has 0 fully saturated rings. The summed E-state index contributed by atoms with van der Waals surface area (Å²) in [6, 6.07) is 8.52. The van der Waals surface area contributed by atoms with Gasteiger partial charge < -0.3 is 9.47 Å². The lowest BCUT2D eigenvalue weighted by Gasteiger charge is -2.14. The van der Waals surface area contributed by atoms with E-state index in [1.54, 1.807) is 0 Å². The van der Waals surface area contributed by atoms with E-state index in [1.807, 2.05) is 0 Å². The van der Waals surface area contributed by atoms with Gasteiger partial charge in [-0.25, -0.2) is 0 Å². The van der Waals surface area contributed by atoms with Gasteiger partial charge in [0.1, 0.15) is 17.6 Å². The van der Waals surface area contributed by atoms with E-state index in [9.17, 15) is 26.3 Å². The first-order chi connectivity index (χ1) is 14.0. The van der Waals surface area contributed by atoms with Crippen LogP contribution < -0.4 is 9.47 Å². The molecule has 0 aliphatic heterocycles. The number of ether oxygens (including phenoxy) is 2. The molecule has 30 heavy (non-hydrogen) atoms. The second-order valence-corrected chi connectivity index (χ2v) is 5.90. The Bertz CT molecular complexity index is 1030. The third-order valence-corrected chi connectivity index (χ3v) is 3.71. The molecule has 0 amide bonds. The molecule has 0 spiro atoms. The predicted octanol–water partition coefficient (Wildman–Crippen LogP) is 5.83. The highest BCUT2D eigenvalue weighted by molar-refractivity contribution is 5.45. The summed E-state index contributed by atoms with van der Waals surface area (Å²) in [7, 11) is 0. The normalized spacial score (nSPS) is 12.8. The second kappa shape index (κ2) is 8.78. The summed E-state index contributed by atoms with van der Waals surface area (Å²) in [4.78, 5) is 0. The molecule has 1 unspecified atom stereocenters. The first-order valence-corrected chi connectivity index (χ1v) is 8.18. The largest absolute Gasteiger partial charge is 0.487 e. The molecule has 2 aromatic rings. The van der Waals surface area contributed by atoms with E-state index in [-0.39, 0.29) is 11.5 Å². The quantitative estimate of drug-likeness (QED) is 0.446. The lowest BCUT2D eigenvalue weighted by Crippen LogP contribution is -2.12. The van der Waals surface area contributed by atoms with Gasteiger partial charge in [0.15, 0.2) is 0 Å². The molecule has 2 rings (SSSR count). The molecule has 10 heteroatoms. The van der Waals surface area contributed by atoms with Crippen molar-refractivity contribution in [3.63, 3.8) is 0 Å². The molecule has 0 saturated carbocycles. The second-order valence-electron chi connectivity index (χ2n) is 5.90. The molecule has 0 bridgehead atoms. The summed E-state index contributed by atoms with van der Waals surface area (Å²) in [5.74, 6) is -0.348. The topological polar surface area (TPSA) is 66.0 Å². The Hall–Kier alpha value is -3.66. The fourth-order valence-corrected chi connectivity index (χ4v) is 2.34. The zero-order valence-corrected chi connectivity index (χ0v) is 15.2. The van der Waals surface area contributed by atoms with Gasteiger partial charge >= 0.3 is 12.4 Å². The average molecular weight is 426 g/mol. The fourth-order valence-electron chi connectivity index (χ4n) is 2.34. The third kappa shape index (κ3) is 5.67. The minimum absolute atomic E-state index is 0.156. The summed E-state index contributed by atoms with van der Waals surface area (Å²) >= 11 is 0. The number of nitriles is 2. The number of hydrogen-bond acceptors (Lipinski definition) is 4. The molecular weight excluding hydrogens is 414 g/mol. The molecule has 156 valence electrons. The van der Waals surface area contributed by atoms with Gasteiger partial charge in [-0.3, -0.25) is 0 Å². The van der Waals surface area contributed by atoms with Gasteiger partial charge in [0.25, 0.3) is 0 Å². The molecule has 0 aromatic heterocycles. The smallest absolute Gasteiger partial charge is 0.417 e. The first kappa shape index (κ1) is 22.6. The Balaban J connectivity index is 2.10. The van der Waals surface area contributed by atoms with Crippen LogP contribution in [0.1, 0.15) is 29.2 Å². The molecule has 0 heterocycles. The molecule has 1 atom stereocenters. The van der Waals surface area contributed by atoms with Crippen molar-refractivity contribution in [3.05, 3.63) is 71.0 Å². The first-order valence-electron chi connectivity index (χ1n) is 8.18. The van der Waals surface area contributed by atoms with Crippen LogP contribution in [0.2, 0.25) is 0 Å². The molecule has 0 N–H and O–H groups in total. The van der Waals surface area contributed by atoms with Gasteiger partial charge in [0, 0.05) is 0 Å². The number of hydrogen-bond donors (Lipinski definition) is 0. The van der Waals surface area contributed by atoms with Crippen LogP contribution >= 0.6 is 0 Å². The Morgan fingerprint density at radius 2 is 1.30 bits per heavy atom. The summed E-state index contributed by atoms with van der Waals surface area (Å²) in [5.41, 5.74) is -3.41. The van der Waals surface area contributed by atoms with E-state index >= 15 is 0 Å². The van der Waals surface area contributed by atoms with Crippen molar-refractivity contribution in [2.45, 2.75) is 25.4 Å². The Morgan fingerprint density at radius 3 is 1.77 bits per heavy atom. The predicted molar refractivity (Wildman–Crippen MR) is 92.2 cm³/mol. The summed E-state index contributed by atoms with van der Waals surface area (Å²) in [6.45, 7) is 1.46. The highest BCUT2D eigenvalue weighted by Gasteiger charge is 2.35. The van der Waals surface area contributed by atoms with Crippen LogP contribution in [0.5, 0.6) is 11.5 Å². The van der Waals surface area contributed by atoms with Crippen LogP contribution in [0, 0.1) is 22.7 Å².